The Morgan fingerprint density at radius 2 is 1.73 bits per heavy atom. The van der Waals surface area contributed by atoms with Crippen molar-refractivity contribution < 1.29 is 9.47 Å². The molecule has 2 aromatic rings. The van der Waals surface area contributed by atoms with E-state index in [2.05, 4.69) is 0 Å². The van der Waals surface area contributed by atoms with Crippen molar-refractivity contribution in [1.29, 1.82) is 0 Å². The highest BCUT2D eigenvalue weighted by Gasteiger charge is 2.10. The maximum absolute atomic E-state index is 6.15. The fourth-order valence-electron chi connectivity index (χ4n) is 2.08. The van der Waals surface area contributed by atoms with E-state index >= 15 is 0 Å². The van der Waals surface area contributed by atoms with Gasteiger partial charge in [-0.3, -0.25) is 0 Å². The normalized spacial score (nSPS) is 10.5. The van der Waals surface area contributed by atoms with Crippen LogP contribution < -0.4 is 15.2 Å². The van der Waals surface area contributed by atoms with Crippen molar-refractivity contribution in [3.8, 4) is 11.5 Å². The summed E-state index contributed by atoms with van der Waals surface area (Å²) in [5, 5.41) is 1.18. The first-order valence-electron chi connectivity index (χ1n) is 7.17. The zero-order valence-electron chi connectivity index (χ0n) is 12.4. The molecule has 0 saturated carbocycles. The Morgan fingerprint density at radius 3 is 2.36 bits per heavy atom. The van der Waals surface area contributed by atoms with Crippen LogP contribution in [0.3, 0.4) is 0 Å². The zero-order valence-corrected chi connectivity index (χ0v) is 14.0. The minimum absolute atomic E-state index is 0.287. The van der Waals surface area contributed by atoms with Crippen molar-refractivity contribution in [1.82, 2.24) is 0 Å². The van der Waals surface area contributed by atoms with Crippen molar-refractivity contribution in [3.05, 3.63) is 57.6 Å². The highest BCUT2D eigenvalue weighted by Crippen LogP contribution is 2.31. The zero-order chi connectivity index (χ0) is 15.9. The van der Waals surface area contributed by atoms with E-state index in [-0.39, 0.29) is 6.61 Å². The van der Waals surface area contributed by atoms with Gasteiger partial charge >= 0.3 is 0 Å². The molecule has 0 radical (unpaired) electrons. The van der Waals surface area contributed by atoms with Gasteiger partial charge in [0, 0.05) is 15.6 Å². The van der Waals surface area contributed by atoms with E-state index in [4.69, 9.17) is 38.4 Å². The van der Waals surface area contributed by atoms with Gasteiger partial charge in [-0.25, -0.2) is 0 Å². The van der Waals surface area contributed by atoms with Crippen LogP contribution >= 0.6 is 23.2 Å². The number of benzene rings is 2. The van der Waals surface area contributed by atoms with Gasteiger partial charge in [0.25, 0.3) is 0 Å². The Hall–Kier alpha value is -1.42. The number of ether oxygens (including phenoxy) is 2. The number of rotatable bonds is 7. The molecule has 0 aliphatic heterocycles. The van der Waals surface area contributed by atoms with Crippen molar-refractivity contribution in [2.45, 2.75) is 20.0 Å². The summed E-state index contributed by atoms with van der Waals surface area (Å²) in [6, 6.07) is 11.2. The first kappa shape index (κ1) is 16.9. The number of halogens is 2. The molecule has 0 aliphatic rings. The molecular formula is C17H19Cl2NO2. The minimum atomic E-state index is 0.287. The van der Waals surface area contributed by atoms with Gasteiger partial charge < -0.3 is 15.2 Å². The van der Waals surface area contributed by atoms with Gasteiger partial charge in [0.1, 0.15) is 6.61 Å². The lowest BCUT2D eigenvalue weighted by Gasteiger charge is -2.14. The van der Waals surface area contributed by atoms with E-state index in [1.54, 1.807) is 18.2 Å². The summed E-state index contributed by atoms with van der Waals surface area (Å²) >= 11 is 12.3. The van der Waals surface area contributed by atoms with Crippen LogP contribution in [0.2, 0.25) is 10.0 Å². The maximum Gasteiger partial charge on any atom is 0.161 e. The lowest BCUT2D eigenvalue weighted by Crippen LogP contribution is -2.04. The van der Waals surface area contributed by atoms with Gasteiger partial charge in [-0.05, 0) is 49.7 Å². The third-order valence-electron chi connectivity index (χ3n) is 3.17. The van der Waals surface area contributed by atoms with Gasteiger partial charge in [-0.2, -0.15) is 0 Å². The summed E-state index contributed by atoms with van der Waals surface area (Å²) in [4.78, 5) is 0. The van der Waals surface area contributed by atoms with Gasteiger partial charge in [0.05, 0.1) is 6.61 Å². The molecule has 2 rings (SSSR count). The molecular weight excluding hydrogens is 321 g/mol. The van der Waals surface area contributed by atoms with Gasteiger partial charge in [-0.1, -0.05) is 35.3 Å². The second kappa shape index (κ2) is 8.28. The molecule has 5 heteroatoms. The quantitative estimate of drug-likeness (QED) is 0.809. The number of hydrogen-bond acceptors (Lipinski definition) is 3. The van der Waals surface area contributed by atoms with Crippen LogP contribution in [0.4, 0.5) is 0 Å². The molecule has 0 aliphatic carbocycles. The molecule has 0 atom stereocenters. The smallest absolute Gasteiger partial charge is 0.161 e. The Balaban J connectivity index is 2.18. The average molecular weight is 340 g/mol. The van der Waals surface area contributed by atoms with E-state index in [1.807, 2.05) is 25.1 Å². The van der Waals surface area contributed by atoms with E-state index in [0.717, 1.165) is 17.5 Å². The number of nitrogens with two attached hydrogens (primary N) is 1. The summed E-state index contributed by atoms with van der Waals surface area (Å²) in [6.45, 7) is 3.38. The highest BCUT2D eigenvalue weighted by atomic mass is 35.5. The fraction of sp³-hybridized carbons (Fsp3) is 0.294. The standard InChI is InChI=1S/C17H19Cl2NO2/c1-2-21-17-10-12(8-9-20)6-7-16(17)22-11-13-14(18)4-3-5-15(13)19/h3-7,10H,2,8-9,11,20H2,1H3. The second-order valence-corrected chi connectivity index (χ2v) is 5.56. The topological polar surface area (TPSA) is 44.5 Å². The Labute approximate surface area is 140 Å². The van der Waals surface area contributed by atoms with E-state index in [0.29, 0.717) is 34.7 Å². The van der Waals surface area contributed by atoms with E-state index < -0.39 is 0 Å². The van der Waals surface area contributed by atoms with Crippen LogP contribution in [-0.4, -0.2) is 13.2 Å². The lowest BCUT2D eigenvalue weighted by atomic mass is 10.1. The molecule has 0 saturated heterocycles. The second-order valence-electron chi connectivity index (χ2n) is 4.74. The predicted octanol–water partition coefficient (Wildman–Crippen LogP) is 4.47. The van der Waals surface area contributed by atoms with Crippen LogP contribution in [0.15, 0.2) is 36.4 Å². The highest BCUT2D eigenvalue weighted by molar-refractivity contribution is 6.35. The Bertz CT molecular complexity index is 612. The molecule has 0 fully saturated rings. The summed E-state index contributed by atoms with van der Waals surface area (Å²) in [6.07, 6.45) is 0.802. The van der Waals surface area contributed by atoms with Gasteiger partial charge in [0.2, 0.25) is 0 Å². The predicted molar refractivity (Wildman–Crippen MR) is 91.2 cm³/mol. The van der Waals surface area contributed by atoms with Gasteiger partial charge in [-0.15, -0.1) is 0 Å². The summed E-state index contributed by atoms with van der Waals surface area (Å²) in [7, 11) is 0. The lowest BCUT2D eigenvalue weighted by molar-refractivity contribution is 0.269. The molecule has 0 aromatic heterocycles. The van der Waals surface area contributed by atoms with Crippen molar-refractivity contribution in [2.75, 3.05) is 13.2 Å². The third kappa shape index (κ3) is 4.29. The van der Waals surface area contributed by atoms with Crippen LogP contribution in [0, 0.1) is 0 Å². The monoisotopic (exact) mass is 339 g/mol. The van der Waals surface area contributed by atoms with Crippen molar-refractivity contribution >= 4 is 23.2 Å². The van der Waals surface area contributed by atoms with E-state index in [9.17, 15) is 0 Å². The molecule has 22 heavy (non-hydrogen) atoms. The van der Waals surface area contributed by atoms with Crippen LogP contribution in [0.1, 0.15) is 18.1 Å². The largest absolute Gasteiger partial charge is 0.490 e. The maximum atomic E-state index is 6.15. The molecule has 2 N–H and O–H groups in total. The Kier molecular flexibility index (Phi) is 6.37. The molecule has 2 aromatic carbocycles. The molecule has 0 unspecified atom stereocenters. The van der Waals surface area contributed by atoms with Crippen molar-refractivity contribution in [3.63, 3.8) is 0 Å². The molecule has 0 heterocycles. The van der Waals surface area contributed by atoms with Gasteiger partial charge in [0.15, 0.2) is 11.5 Å². The summed E-state index contributed by atoms with van der Waals surface area (Å²) in [5.41, 5.74) is 7.47. The summed E-state index contributed by atoms with van der Waals surface area (Å²) in [5.74, 6) is 1.37. The first-order valence-corrected chi connectivity index (χ1v) is 7.92. The molecule has 0 amide bonds. The fourth-order valence-corrected chi connectivity index (χ4v) is 2.59. The Morgan fingerprint density at radius 1 is 1.00 bits per heavy atom. The molecule has 3 nitrogen and oxygen atoms in total. The third-order valence-corrected chi connectivity index (χ3v) is 3.88. The van der Waals surface area contributed by atoms with Crippen LogP contribution in [-0.2, 0) is 13.0 Å². The first-order chi connectivity index (χ1) is 10.7. The molecule has 0 spiro atoms. The average Bonchev–Trinajstić information content (AvgIpc) is 2.49. The molecule has 0 bridgehead atoms. The van der Waals surface area contributed by atoms with E-state index in [1.165, 1.54) is 0 Å². The van der Waals surface area contributed by atoms with Crippen LogP contribution in [0.5, 0.6) is 11.5 Å². The minimum Gasteiger partial charge on any atom is -0.490 e. The number of hydrogen-bond donors (Lipinski definition) is 1. The SMILES string of the molecule is CCOc1cc(CCN)ccc1OCc1c(Cl)cccc1Cl. The molecule has 118 valence electrons. The summed E-state index contributed by atoms with van der Waals surface area (Å²) < 4.78 is 11.5. The van der Waals surface area contributed by atoms with Crippen molar-refractivity contribution in [2.24, 2.45) is 5.73 Å². The van der Waals surface area contributed by atoms with Crippen LogP contribution in [0.25, 0.3) is 0 Å².